The maximum absolute atomic E-state index is 13.8. The fourth-order valence-corrected chi connectivity index (χ4v) is 2.17. The zero-order chi connectivity index (χ0) is 12.5. The standard InChI is InChI=1S/C12H9FN4S/c13-9-4-1-5-10-11(9)17(12(18)15-10)7-8-3-2-6-14-16-8/h1-6H,7H2,(H,15,18). The largest absolute Gasteiger partial charge is 0.330 e. The van der Waals surface area contributed by atoms with Gasteiger partial charge in [0.05, 0.1) is 17.8 Å². The van der Waals surface area contributed by atoms with E-state index in [-0.39, 0.29) is 5.82 Å². The molecule has 0 aliphatic carbocycles. The topological polar surface area (TPSA) is 46.5 Å². The van der Waals surface area contributed by atoms with Gasteiger partial charge in [-0.25, -0.2) is 4.39 Å². The highest BCUT2D eigenvalue weighted by atomic mass is 32.1. The third-order valence-corrected chi connectivity index (χ3v) is 3.01. The Hall–Kier alpha value is -2.08. The van der Waals surface area contributed by atoms with Gasteiger partial charge in [-0.05, 0) is 36.5 Å². The Labute approximate surface area is 107 Å². The molecule has 0 amide bonds. The first kappa shape index (κ1) is 11.0. The van der Waals surface area contributed by atoms with Crippen molar-refractivity contribution in [3.63, 3.8) is 0 Å². The molecule has 18 heavy (non-hydrogen) atoms. The molecule has 0 saturated heterocycles. The van der Waals surface area contributed by atoms with Crippen molar-refractivity contribution in [3.05, 3.63) is 52.8 Å². The van der Waals surface area contributed by atoms with Crippen LogP contribution in [0.3, 0.4) is 0 Å². The highest BCUT2D eigenvalue weighted by Crippen LogP contribution is 2.18. The summed E-state index contributed by atoms with van der Waals surface area (Å²) in [5, 5.41) is 7.77. The smallest absolute Gasteiger partial charge is 0.178 e. The minimum absolute atomic E-state index is 0.302. The SMILES string of the molecule is Fc1cccc2[nH]c(=S)n(Cc3cccnn3)c12. The van der Waals surface area contributed by atoms with Gasteiger partial charge in [-0.2, -0.15) is 10.2 Å². The second-order valence-corrected chi connectivity index (χ2v) is 4.25. The number of halogens is 1. The summed E-state index contributed by atoms with van der Waals surface area (Å²) in [6.07, 6.45) is 1.60. The quantitative estimate of drug-likeness (QED) is 0.721. The summed E-state index contributed by atoms with van der Waals surface area (Å²) in [5.41, 5.74) is 1.88. The molecule has 0 radical (unpaired) electrons. The van der Waals surface area contributed by atoms with Crippen molar-refractivity contribution in [2.75, 3.05) is 0 Å². The molecule has 2 aromatic heterocycles. The summed E-state index contributed by atoms with van der Waals surface area (Å²) in [6.45, 7) is 0.396. The molecule has 2 heterocycles. The summed E-state index contributed by atoms with van der Waals surface area (Å²) < 4.78 is 16.0. The van der Waals surface area contributed by atoms with Crippen molar-refractivity contribution in [1.82, 2.24) is 19.7 Å². The first-order chi connectivity index (χ1) is 8.75. The van der Waals surface area contributed by atoms with Crippen molar-refractivity contribution in [2.24, 2.45) is 0 Å². The molecule has 0 saturated carbocycles. The number of fused-ring (bicyclic) bond motifs is 1. The average Bonchev–Trinajstić information content (AvgIpc) is 2.69. The van der Waals surface area contributed by atoms with E-state index >= 15 is 0 Å². The van der Waals surface area contributed by atoms with Crippen LogP contribution in [0.15, 0.2) is 36.5 Å². The molecular formula is C12H9FN4S. The number of nitrogens with one attached hydrogen (secondary N) is 1. The molecule has 90 valence electrons. The molecule has 0 bridgehead atoms. The van der Waals surface area contributed by atoms with Crippen LogP contribution in [0.2, 0.25) is 0 Å². The molecule has 0 atom stereocenters. The van der Waals surface area contributed by atoms with Gasteiger partial charge >= 0.3 is 0 Å². The van der Waals surface area contributed by atoms with Gasteiger partial charge in [0, 0.05) is 6.20 Å². The van der Waals surface area contributed by atoms with Gasteiger partial charge < -0.3 is 9.55 Å². The second kappa shape index (κ2) is 4.30. The molecule has 0 aliphatic rings. The first-order valence-electron chi connectivity index (χ1n) is 5.39. The molecule has 1 N–H and O–H groups in total. The van der Waals surface area contributed by atoms with Gasteiger partial charge in [0.15, 0.2) is 4.77 Å². The Bertz CT molecular complexity index is 748. The van der Waals surface area contributed by atoms with Gasteiger partial charge in [0.2, 0.25) is 0 Å². The lowest BCUT2D eigenvalue weighted by Gasteiger charge is -2.03. The number of hydrogen-bond donors (Lipinski definition) is 1. The van der Waals surface area contributed by atoms with Crippen molar-refractivity contribution in [2.45, 2.75) is 6.54 Å². The Morgan fingerprint density at radius 1 is 1.28 bits per heavy atom. The lowest BCUT2D eigenvalue weighted by molar-refractivity contribution is 0.626. The minimum Gasteiger partial charge on any atom is -0.330 e. The fraction of sp³-hybridized carbons (Fsp3) is 0.0833. The van der Waals surface area contributed by atoms with Gasteiger partial charge in [-0.3, -0.25) is 0 Å². The number of nitrogens with zero attached hydrogens (tertiary/aromatic N) is 3. The molecule has 0 spiro atoms. The summed E-state index contributed by atoms with van der Waals surface area (Å²) in [7, 11) is 0. The van der Waals surface area contributed by atoms with Crippen LogP contribution in [0.25, 0.3) is 11.0 Å². The number of aromatic nitrogens is 4. The van der Waals surface area contributed by atoms with Crippen LogP contribution in [-0.4, -0.2) is 19.7 Å². The average molecular weight is 260 g/mol. The first-order valence-corrected chi connectivity index (χ1v) is 5.80. The fourth-order valence-electron chi connectivity index (χ4n) is 1.91. The van der Waals surface area contributed by atoms with Crippen molar-refractivity contribution in [3.8, 4) is 0 Å². The predicted octanol–water partition coefficient (Wildman–Crippen LogP) is 2.68. The highest BCUT2D eigenvalue weighted by molar-refractivity contribution is 7.71. The predicted molar refractivity (Wildman–Crippen MR) is 68.2 cm³/mol. The number of para-hydroxylation sites is 1. The molecule has 3 rings (SSSR count). The van der Waals surface area contributed by atoms with E-state index in [2.05, 4.69) is 15.2 Å². The molecule has 0 unspecified atom stereocenters. The molecule has 1 aromatic carbocycles. The Morgan fingerprint density at radius 3 is 2.94 bits per heavy atom. The van der Waals surface area contributed by atoms with E-state index in [1.165, 1.54) is 6.07 Å². The molecule has 6 heteroatoms. The van der Waals surface area contributed by atoms with Crippen molar-refractivity contribution in [1.29, 1.82) is 0 Å². The van der Waals surface area contributed by atoms with Crippen LogP contribution in [-0.2, 0) is 6.54 Å². The lowest BCUT2D eigenvalue weighted by atomic mass is 10.3. The van der Waals surface area contributed by atoms with E-state index in [4.69, 9.17) is 12.2 Å². The van der Waals surface area contributed by atoms with Gasteiger partial charge in [-0.15, -0.1) is 0 Å². The normalized spacial score (nSPS) is 10.9. The lowest BCUT2D eigenvalue weighted by Crippen LogP contribution is -2.03. The summed E-state index contributed by atoms with van der Waals surface area (Å²) >= 11 is 5.20. The summed E-state index contributed by atoms with van der Waals surface area (Å²) in [6, 6.07) is 8.47. The van der Waals surface area contributed by atoms with E-state index < -0.39 is 0 Å². The summed E-state index contributed by atoms with van der Waals surface area (Å²) in [4.78, 5) is 2.98. The third kappa shape index (κ3) is 1.80. The van der Waals surface area contributed by atoms with Gasteiger partial charge in [0.25, 0.3) is 0 Å². The number of aromatic amines is 1. The number of rotatable bonds is 2. The van der Waals surface area contributed by atoms with Crippen LogP contribution in [0.1, 0.15) is 5.69 Å². The van der Waals surface area contributed by atoms with Gasteiger partial charge in [-0.1, -0.05) is 6.07 Å². The van der Waals surface area contributed by atoms with E-state index in [0.29, 0.717) is 22.3 Å². The molecule has 3 aromatic rings. The van der Waals surface area contributed by atoms with Gasteiger partial charge in [0.1, 0.15) is 11.3 Å². The Morgan fingerprint density at radius 2 is 2.17 bits per heavy atom. The maximum atomic E-state index is 13.8. The Balaban J connectivity index is 2.17. The number of hydrogen-bond acceptors (Lipinski definition) is 3. The highest BCUT2D eigenvalue weighted by Gasteiger charge is 2.09. The number of imidazole rings is 1. The van der Waals surface area contributed by atoms with Crippen LogP contribution in [0.4, 0.5) is 4.39 Å². The van der Waals surface area contributed by atoms with Crippen LogP contribution < -0.4 is 0 Å². The van der Waals surface area contributed by atoms with Crippen LogP contribution >= 0.6 is 12.2 Å². The zero-order valence-electron chi connectivity index (χ0n) is 9.30. The van der Waals surface area contributed by atoms with Crippen molar-refractivity contribution >= 4 is 23.3 Å². The van der Waals surface area contributed by atoms with Crippen LogP contribution in [0, 0.1) is 10.6 Å². The second-order valence-electron chi connectivity index (χ2n) is 3.87. The van der Waals surface area contributed by atoms with E-state index in [9.17, 15) is 4.39 Å². The Kier molecular flexibility index (Phi) is 2.64. The molecule has 0 fully saturated rings. The monoisotopic (exact) mass is 260 g/mol. The number of H-pyrrole nitrogens is 1. The van der Waals surface area contributed by atoms with Crippen LogP contribution in [0.5, 0.6) is 0 Å². The molecular weight excluding hydrogens is 251 g/mol. The summed E-state index contributed by atoms with van der Waals surface area (Å²) in [5.74, 6) is -0.302. The maximum Gasteiger partial charge on any atom is 0.178 e. The van der Waals surface area contributed by atoms with E-state index in [0.717, 1.165) is 5.69 Å². The van der Waals surface area contributed by atoms with Crippen molar-refractivity contribution < 1.29 is 4.39 Å². The number of benzene rings is 1. The van der Waals surface area contributed by atoms with E-state index in [1.54, 1.807) is 29.0 Å². The minimum atomic E-state index is -0.302. The molecule has 4 nitrogen and oxygen atoms in total. The zero-order valence-corrected chi connectivity index (χ0v) is 10.1. The van der Waals surface area contributed by atoms with E-state index in [1.807, 2.05) is 6.07 Å². The third-order valence-electron chi connectivity index (χ3n) is 2.69. The molecule has 0 aliphatic heterocycles.